The summed E-state index contributed by atoms with van der Waals surface area (Å²) in [6.07, 6.45) is 2.22. The molecule has 0 saturated heterocycles. The monoisotopic (exact) mass is 400 g/mol. The maximum absolute atomic E-state index is 2.57. The van der Waals surface area contributed by atoms with Crippen molar-refractivity contribution in [2.45, 2.75) is 26.3 Å². The number of nitrogens with zero attached hydrogens (tertiary/aromatic N) is 3. The van der Waals surface area contributed by atoms with Crippen molar-refractivity contribution in [1.29, 1.82) is 0 Å². The molecule has 0 N–H and O–H groups in total. The van der Waals surface area contributed by atoms with Crippen molar-refractivity contribution in [2.75, 3.05) is 9.62 Å². The average molecular weight is 400 g/mol. The van der Waals surface area contributed by atoms with E-state index >= 15 is 0 Å². The first-order chi connectivity index (χ1) is 15.2. The molecule has 0 amide bonds. The van der Waals surface area contributed by atoms with E-state index in [2.05, 4.69) is 113 Å². The summed E-state index contributed by atoms with van der Waals surface area (Å²) < 4.78 is 2.41. The molecule has 4 heteroatoms. The lowest BCUT2D eigenvalue weighted by molar-refractivity contribution is -0.671. The number of fused-ring (bicyclic) bond motifs is 5. The predicted molar refractivity (Wildman–Crippen MR) is 128 cm³/mol. The number of rotatable bonds is 2. The highest BCUT2D eigenvalue weighted by Crippen LogP contribution is 2.51. The van der Waals surface area contributed by atoms with Crippen LogP contribution in [0.5, 0.6) is 0 Å². The summed E-state index contributed by atoms with van der Waals surface area (Å²) in [4.78, 5) is 5.09. The average Bonchev–Trinajstić information content (AvgIpc) is 3.35. The van der Waals surface area contributed by atoms with E-state index in [1.165, 1.54) is 50.6 Å². The topological polar surface area (TPSA) is 10.4 Å². The molecule has 0 unspecified atom stereocenters. The zero-order valence-corrected chi connectivity index (χ0v) is 17.8. The van der Waals surface area contributed by atoms with Crippen LogP contribution in [0.1, 0.15) is 30.9 Å². The van der Waals surface area contributed by atoms with E-state index in [0.717, 1.165) is 6.54 Å². The first kappa shape index (κ1) is 17.2. The minimum absolute atomic E-state index is 0.121. The molecule has 4 aromatic rings. The Kier molecular flexibility index (Phi) is 3.33. The smallest absolute Gasteiger partial charge is 0.360 e. The second-order valence-corrected chi connectivity index (χ2v) is 9.10. The molecule has 7 rings (SSSR count). The van der Waals surface area contributed by atoms with Gasteiger partial charge in [-0.1, -0.05) is 56.3 Å². The highest BCUT2D eigenvalue weighted by atomic mass is 15.3. The maximum Gasteiger partial charge on any atom is 0.421 e. The Morgan fingerprint density at radius 2 is 1.68 bits per heavy atom. The van der Waals surface area contributed by atoms with Gasteiger partial charge in [0.15, 0.2) is 12.7 Å². The lowest BCUT2D eigenvalue weighted by atomic mass is 9.59. The van der Waals surface area contributed by atoms with E-state index in [4.69, 9.17) is 0 Å². The molecular weight excluding hydrogens is 377 g/mol. The van der Waals surface area contributed by atoms with Crippen LogP contribution in [0.25, 0.3) is 11.3 Å². The van der Waals surface area contributed by atoms with E-state index in [0.29, 0.717) is 5.92 Å². The normalized spacial score (nSPS) is 14.7. The number of hydrogen-bond donors (Lipinski definition) is 0. The second kappa shape index (κ2) is 6.01. The summed E-state index contributed by atoms with van der Waals surface area (Å²) in [6, 6.07) is 29.2. The number of aromatic nitrogens is 1. The Hall–Kier alpha value is -3.53. The molecule has 3 aliphatic heterocycles. The summed E-state index contributed by atoms with van der Waals surface area (Å²) in [5, 5.41) is 0. The lowest BCUT2D eigenvalue weighted by Gasteiger charge is -2.33. The zero-order valence-electron chi connectivity index (χ0n) is 17.8. The Labute approximate surface area is 183 Å². The van der Waals surface area contributed by atoms with Crippen LogP contribution in [0.4, 0.5) is 22.7 Å². The first-order valence-electron chi connectivity index (χ1n) is 11.1. The third-order valence-corrected chi connectivity index (χ3v) is 7.06. The molecule has 3 aliphatic rings. The Bertz CT molecular complexity index is 1360. The van der Waals surface area contributed by atoms with E-state index in [9.17, 15) is 0 Å². The van der Waals surface area contributed by atoms with Gasteiger partial charge in [0, 0.05) is 17.3 Å². The Morgan fingerprint density at radius 1 is 0.806 bits per heavy atom. The standard InChI is InChI=1S/C27H23BN3/c1-18(2)19-13-14-23-25(16-19)31-24-12-7-15-29-17-20-8-6-11-22(26(20)27(24)29)28(31)30(23)21-9-4-3-5-10-21/h3-16,18H,17H2,1-2H3/q+1. The van der Waals surface area contributed by atoms with E-state index in [1.54, 1.807) is 0 Å². The van der Waals surface area contributed by atoms with Gasteiger partial charge in [0.1, 0.15) is 5.69 Å². The van der Waals surface area contributed by atoms with Gasteiger partial charge in [-0.3, -0.25) is 0 Å². The molecule has 3 nitrogen and oxygen atoms in total. The fourth-order valence-electron chi connectivity index (χ4n) is 5.66. The molecule has 0 fully saturated rings. The molecule has 31 heavy (non-hydrogen) atoms. The molecule has 0 aliphatic carbocycles. The molecule has 3 aromatic carbocycles. The van der Waals surface area contributed by atoms with Crippen molar-refractivity contribution < 1.29 is 4.57 Å². The Balaban J connectivity index is 1.57. The molecular formula is C27H23BN3+. The summed E-state index contributed by atoms with van der Waals surface area (Å²) in [7, 11) is 0. The van der Waals surface area contributed by atoms with Crippen LogP contribution in [-0.4, -0.2) is 6.98 Å². The van der Waals surface area contributed by atoms with Gasteiger partial charge in [0.2, 0.25) is 5.69 Å². The number of benzene rings is 3. The number of pyridine rings is 1. The fourth-order valence-corrected chi connectivity index (χ4v) is 5.66. The van der Waals surface area contributed by atoms with Crippen LogP contribution in [0.2, 0.25) is 0 Å². The van der Waals surface area contributed by atoms with Crippen molar-refractivity contribution in [1.82, 2.24) is 0 Å². The molecule has 0 radical (unpaired) electrons. The fraction of sp³-hybridized carbons (Fsp3) is 0.148. The van der Waals surface area contributed by atoms with Crippen LogP contribution in [0.15, 0.2) is 85.1 Å². The Morgan fingerprint density at radius 3 is 2.52 bits per heavy atom. The lowest BCUT2D eigenvalue weighted by Crippen LogP contribution is -2.56. The first-order valence-corrected chi connectivity index (χ1v) is 11.1. The molecule has 0 bridgehead atoms. The van der Waals surface area contributed by atoms with Gasteiger partial charge in [-0.25, -0.2) is 0 Å². The van der Waals surface area contributed by atoms with Gasteiger partial charge in [0.25, 0.3) is 0 Å². The summed E-state index contributed by atoms with van der Waals surface area (Å²) in [6.45, 7) is 5.63. The van der Waals surface area contributed by atoms with Crippen LogP contribution >= 0.6 is 0 Å². The highest BCUT2D eigenvalue weighted by Gasteiger charge is 2.52. The number of anilines is 4. The van der Waals surface area contributed by atoms with Crippen molar-refractivity contribution >= 4 is 35.2 Å². The predicted octanol–water partition coefficient (Wildman–Crippen LogP) is 5.12. The molecule has 0 atom stereocenters. The van der Waals surface area contributed by atoms with Gasteiger partial charge in [0.05, 0.1) is 16.9 Å². The van der Waals surface area contributed by atoms with Gasteiger partial charge < -0.3 is 9.62 Å². The minimum atomic E-state index is 0.121. The van der Waals surface area contributed by atoms with E-state index in [-0.39, 0.29) is 6.98 Å². The third-order valence-electron chi connectivity index (χ3n) is 7.06. The van der Waals surface area contributed by atoms with Gasteiger partial charge in [-0.15, -0.1) is 0 Å². The second-order valence-electron chi connectivity index (χ2n) is 9.10. The highest BCUT2D eigenvalue weighted by molar-refractivity contribution is 6.86. The molecule has 148 valence electrons. The maximum atomic E-state index is 2.57. The van der Waals surface area contributed by atoms with Crippen molar-refractivity contribution in [2.24, 2.45) is 0 Å². The SMILES string of the molecule is CC(C)c1ccc2c(c1)N1B(c3cccc4c3-c3c1ccc[n+]3C4)N2c1ccccc1. The number of hydrogen-bond acceptors (Lipinski definition) is 2. The van der Waals surface area contributed by atoms with Crippen molar-refractivity contribution in [3.05, 3.63) is 96.2 Å². The quantitative estimate of drug-likeness (QED) is 0.301. The minimum Gasteiger partial charge on any atom is -0.360 e. The third kappa shape index (κ3) is 2.17. The van der Waals surface area contributed by atoms with Gasteiger partial charge in [-0.05, 0) is 47.3 Å². The largest absolute Gasteiger partial charge is 0.421 e. The molecule has 0 saturated carbocycles. The molecule has 1 aromatic heterocycles. The van der Waals surface area contributed by atoms with E-state index < -0.39 is 0 Å². The van der Waals surface area contributed by atoms with Crippen LogP contribution in [0.3, 0.4) is 0 Å². The van der Waals surface area contributed by atoms with Crippen LogP contribution in [-0.2, 0) is 6.54 Å². The summed E-state index contributed by atoms with van der Waals surface area (Å²) in [5.41, 5.74) is 12.1. The summed E-state index contributed by atoms with van der Waals surface area (Å²) >= 11 is 0. The number of para-hydroxylation sites is 1. The van der Waals surface area contributed by atoms with Crippen LogP contribution in [0, 0.1) is 0 Å². The zero-order chi connectivity index (χ0) is 20.7. The van der Waals surface area contributed by atoms with E-state index in [1.807, 2.05) is 0 Å². The van der Waals surface area contributed by atoms with Gasteiger partial charge in [-0.2, -0.15) is 4.57 Å². The summed E-state index contributed by atoms with van der Waals surface area (Å²) in [5.74, 6) is 0.495. The van der Waals surface area contributed by atoms with Gasteiger partial charge >= 0.3 is 6.98 Å². The molecule has 0 spiro atoms. The molecule has 4 heterocycles. The van der Waals surface area contributed by atoms with Crippen LogP contribution < -0.4 is 19.7 Å². The van der Waals surface area contributed by atoms with Crippen molar-refractivity contribution in [3.63, 3.8) is 0 Å². The van der Waals surface area contributed by atoms with Crippen molar-refractivity contribution in [3.8, 4) is 11.3 Å².